The zero-order valence-corrected chi connectivity index (χ0v) is 11.5. The molecule has 1 heterocycles. The Morgan fingerprint density at radius 2 is 2.11 bits per heavy atom. The molecular weight excluding hydrogens is 246 g/mol. The molecule has 5 heteroatoms. The van der Waals surface area contributed by atoms with Crippen molar-refractivity contribution in [3.63, 3.8) is 0 Å². The number of amidine groups is 1. The van der Waals surface area contributed by atoms with Gasteiger partial charge in [-0.3, -0.25) is 0 Å². The molecule has 0 unspecified atom stereocenters. The van der Waals surface area contributed by atoms with Gasteiger partial charge in [0.2, 0.25) is 0 Å². The van der Waals surface area contributed by atoms with E-state index in [1.165, 1.54) is 0 Å². The van der Waals surface area contributed by atoms with Gasteiger partial charge in [-0.2, -0.15) is 0 Å². The molecule has 1 N–H and O–H groups in total. The van der Waals surface area contributed by atoms with Crippen LogP contribution in [0.1, 0.15) is 12.8 Å². The standard InChI is InChI=1S/C13H17N3OS/c1-16-9-3-4-12(16)15-13(18)14-10-5-7-11(17-2)8-6-10/h5-8H,3-4,9H2,1-2H3,(H,14,18). The second kappa shape index (κ2) is 5.82. The molecule has 0 atom stereocenters. The molecule has 2 rings (SSSR count). The summed E-state index contributed by atoms with van der Waals surface area (Å²) in [7, 11) is 3.69. The molecule has 0 spiro atoms. The number of thiocarbonyl (C=S) groups is 1. The van der Waals surface area contributed by atoms with Gasteiger partial charge < -0.3 is 15.0 Å². The molecule has 0 saturated carbocycles. The highest BCUT2D eigenvalue weighted by Crippen LogP contribution is 2.15. The number of aliphatic imine (C=N–C) groups is 1. The second-order valence-electron chi connectivity index (χ2n) is 4.21. The Morgan fingerprint density at radius 3 is 2.67 bits per heavy atom. The number of hydrogen-bond acceptors (Lipinski definition) is 2. The average molecular weight is 263 g/mol. The normalized spacial score (nSPS) is 17.0. The molecule has 0 radical (unpaired) electrons. The quantitative estimate of drug-likeness (QED) is 0.832. The Kier molecular flexibility index (Phi) is 4.15. The summed E-state index contributed by atoms with van der Waals surface area (Å²) in [4.78, 5) is 6.57. The third kappa shape index (κ3) is 3.20. The summed E-state index contributed by atoms with van der Waals surface area (Å²) in [5.74, 6) is 1.88. The Hall–Kier alpha value is -1.62. The lowest BCUT2D eigenvalue weighted by Gasteiger charge is -2.12. The maximum Gasteiger partial charge on any atom is 0.198 e. The fourth-order valence-corrected chi connectivity index (χ4v) is 2.10. The molecule has 0 bridgehead atoms. The number of nitrogens with zero attached hydrogens (tertiary/aromatic N) is 2. The van der Waals surface area contributed by atoms with Gasteiger partial charge >= 0.3 is 0 Å². The van der Waals surface area contributed by atoms with Crippen LogP contribution in [0.4, 0.5) is 5.69 Å². The van der Waals surface area contributed by atoms with E-state index >= 15 is 0 Å². The average Bonchev–Trinajstić information content (AvgIpc) is 2.76. The minimum absolute atomic E-state index is 0.504. The molecule has 0 aliphatic carbocycles. The van der Waals surface area contributed by atoms with Gasteiger partial charge in [-0.05, 0) is 42.9 Å². The monoisotopic (exact) mass is 263 g/mol. The first-order valence-electron chi connectivity index (χ1n) is 5.93. The smallest absolute Gasteiger partial charge is 0.198 e. The van der Waals surface area contributed by atoms with Gasteiger partial charge in [-0.25, -0.2) is 4.99 Å². The van der Waals surface area contributed by atoms with Crippen molar-refractivity contribution in [2.24, 2.45) is 4.99 Å². The Bertz CT molecular complexity index is 456. The van der Waals surface area contributed by atoms with Gasteiger partial charge in [0.05, 0.1) is 7.11 Å². The summed E-state index contributed by atoms with van der Waals surface area (Å²) in [5.41, 5.74) is 0.922. The summed E-state index contributed by atoms with van der Waals surface area (Å²) in [6.45, 7) is 1.06. The van der Waals surface area contributed by atoms with E-state index < -0.39 is 0 Å². The summed E-state index contributed by atoms with van der Waals surface area (Å²) < 4.78 is 5.10. The molecular formula is C13H17N3OS. The lowest BCUT2D eigenvalue weighted by atomic mass is 10.3. The number of rotatable bonds is 2. The van der Waals surface area contributed by atoms with Gasteiger partial charge in [0.15, 0.2) is 5.11 Å². The summed E-state index contributed by atoms with van der Waals surface area (Å²) >= 11 is 5.23. The fourth-order valence-electron chi connectivity index (χ4n) is 1.88. The molecule has 96 valence electrons. The summed E-state index contributed by atoms with van der Waals surface area (Å²) in [6.07, 6.45) is 2.15. The molecule has 4 nitrogen and oxygen atoms in total. The van der Waals surface area contributed by atoms with Crippen LogP contribution < -0.4 is 10.1 Å². The van der Waals surface area contributed by atoms with Crippen molar-refractivity contribution in [1.29, 1.82) is 0 Å². The molecule has 1 aliphatic rings. The number of ether oxygens (including phenoxy) is 1. The number of nitrogens with one attached hydrogen (secondary N) is 1. The molecule has 18 heavy (non-hydrogen) atoms. The van der Waals surface area contributed by atoms with E-state index in [0.717, 1.165) is 36.7 Å². The Balaban J connectivity index is 1.98. The number of methoxy groups -OCH3 is 1. The molecule has 1 saturated heterocycles. The molecule has 1 fully saturated rings. The second-order valence-corrected chi connectivity index (χ2v) is 4.60. The van der Waals surface area contributed by atoms with Crippen LogP contribution in [0.15, 0.2) is 29.3 Å². The Morgan fingerprint density at radius 1 is 1.39 bits per heavy atom. The topological polar surface area (TPSA) is 36.9 Å². The maximum atomic E-state index is 5.23. The van der Waals surface area contributed by atoms with Crippen LogP contribution in [-0.2, 0) is 0 Å². The van der Waals surface area contributed by atoms with Crippen molar-refractivity contribution in [2.75, 3.05) is 26.0 Å². The van der Waals surface area contributed by atoms with Crippen molar-refractivity contribution in [3.05, 3.63) is 24.3 Å². The number of anilines is 1. The van der Waals surface area contributed by atoms with E-state index in [1.807, 2.05) is 31.3 Å². The lowest BCUT2D eigenvalue weighted by Crippen LogP contribution is -2.21. The minimum Gasteiger partial charge on any atom is -0.497 e. The zero-order valence-electron chi connectivity index (χ0n) is 10.6. The molecule has 0 aromatic heterocycles. The van der Waals surface area contributed by atoms with Gasteiger partial charge in [0.25, 0.3) is 0 Å². The minimum atomic E-state index is 0.504. The predicted octanol–water partition coefficient (Wildman–Crippen LogP) is 2.52. The number of likely N-dealkylation sites (tertiary alicyclic amines) is 1. The van der Waals surface area contributed by atoms with Gasteiger partial charge in [-0.15, -0.1) is 0 Å². The van der Waals surface area contributed by atoms with E-state index in [9.17, 15) is 0 Å². The van der Waals surface area contributed by atoms with Crippen LogP contribution in [0.5, 0.6) is 5.75 Å². The van der Waals surface area contributed by atoms with Crippen LogP contribution in [0, 0.1) is 0 Å². The van der Waals surface area contributed by atoms with Crippen molar-refractivity contribution in [3.8, 4) is 5.75 Å². The zero-order chi connectivity index (χ0) is 13.0. The fraction of sp³-hybridized carbons (Fsp3) is 0.385. The van der Waals surface area contributed by atoms with Gasteiger partial charge in [-0.1, -0.05) is 0 Å². The van der Waals surface area contributed by atoms with Gasteiger partial charge in [0.1, 0.15) is 11.6 Å². The first kappa shape index (κ1) is 12.8. The largest absolute Gasteiger partial charge is 0.497 e. The summed E-state index contributed by atoms with van der Waals surface area (Å²) in [6, 6.07) is 7.62. The van der Waals surface area contributed by atoms with Crippen LogP contribution in [-0.4, -0.2) is 36.6 Å². The Labute approximate surface area is 113 Å². The number of benzene rings is 1. The van der Waals surface area contributed by atoms with E-state index in [1.54, 1.807) is 7.11 Å². The van der Waals surface area contributed by atoms with Crippen LogP contribution in [0.25, 0.3) is 0 Å². The van der Waals surface area contributed by atoms with E-state index in [-0.39, 0.29) is 0 Å². The van der Waals surface area contributed by atoms with Crippen molar-refractivity contribution in [1.82, 2.24) is 4.90 Å². The SMILES string of the molecule is COc1ccc(NC(=S)N=C2CCCN2C)cc1. The van der Waals surface area contributed by atoms with Crippen LogP contribution in [0.2, 0.25) is 0 Å². The highest BCUT2D eigenvalue weighted by Gasteiger charge is 2.14. The molecule has 1 aromatic carbocycles. The number of hydrogen-bond donors (Lipinski definition) is 1. The first-order valence-corrected chi connectivity index (χ1v) is 6.33. The molecule has 1 aliphatic heterocycles. The van der Waals surface area contributed by atoms with E-state index in [4.69, 9.17) is 17.0 Å². The highest BCUT2D eigenvalue weighted by atomic mass is 32.1. The highest BCUT2D eigenvalue weighted by molar-refractivity contribution is 7.80. The van der Waals surface area contributed by atoms with Crippen molar-refractivity contribution >= 4 is 28.9 Å². The third-order valence-corrected chi connectivity index (χ3v) is 3.10. The van der Waals surface area contributed by atoms with Crippen molar-refractivity contribution < 1.29 is 4.74 Å². The van der Waals surface area contributed by atoms with Gasteiger partial charge in [0, 0.05) is 25.7 Å². The maximum absolute atomic E-state index is 5.23. The van der Waals surface area contributed by atoms with Crippen molar-refractivity contribution in [2.45, 2.75) is 12.8 Å². The lowest BCUT2D eigenvalue weighted by molar-refractivity contribution is 0.415. The molecule has 0 amide bonds. The van der Waals surface area contributed by atoms with E-state index in [0.29, 0.717) is 5.11 Å². The summed E-state index contributed by atoms with van der Waals surface area (Å²) in [5, 5.41) is 3.61. The van der Waals surface area contributed by atoms with E-state index in [2.05, 4.69) is 15.2 Å². The third-order valence-electron chi connectivity index (χ3n) is 2.91. The predicted molar refractivity (Wildman–Crippen MR) is 78.5 cm³/mol. The van der Waals surface area contributed by atoms with Crippen LogP contribution >= 0.6 is 12.2 Å². The van der Waals surface area contributed by atoms with Crippen LogP contribution in [0.3, 0.4) is 0 Å². The first-order chi connectivity index (χ1) is 8.69. The molecule has 1 aromatic rings.